The first kappa shape index (κ1) is 27.9. The quantitative estimate of drug-likeness (QED) is 0.388. The van der Waals surface area contributed by atoms with Crippen LogP contribution in [0.2, 0.25) is 0 Å². The van der Waals surface area contributed by atoms with Gasteiger partial charge in [0, 0.05) is 13.1 Å². The van der Waals surface area contributed by atoms with Crippen LogP contribution in [0.15, 0.2) is 89.8 Å². The second-order valence-electron chi connectivity index (χ2n) is 8.81. The maximum absolute atomic E-state index is 13.9. The summed E-state index contributed by atoms with van der Waals surface area (Å²) in [5.74, 6) is -0.686. The van der Waals surface area contributed by atoms with Crippen LogP contribution in [0.3, 0.4) is 0 Å². The lowest BCUT2D eigenvalue weighted by molar-refractivity contribution is -0.139. The average molecular weight is 522 g/mol. The van der Waals surface area contributed by atoms with Gasteiger partial charge in [0.25, 0.3) is 10.0 Å². The number of hydrogen-bond donors (Lipinski definition) is 1. The number of likely N-dealkylation sites (N-methyl/N-ethyl adjacent to an activating group) is 1. The van der Waals surface area contributed by atoms with Crippen LogP contribution in [-0.2, 0) is 26.0 Å². The first-order chi connectivity index (χ1) is 17.8. The molecule has 37 heavy (non-hydrogen) atoms. The fourth-order valence-electron chi connectivity index (χ4n) is 4.22. The first-order valence-electron chi connectivity index (χ1n) is 12.5. The molecule has 196 valence electrons. The molecular weight excluding hydrogens is 486 g/mol. The molecule has 8 heteroatoms. The van der Waals surface area contributed by atoms with Gasteiger partial charge in [-0.1, -0.05) is 67.6 Å². The fraction of sp³-hybridized carbons (Fsp3) is 0.310. The summed E-state index contributed by atoms with van der Waals surface area (Å²) in [6.45, 7) is 5.84. The Morgan fingerprint density at radius 2 is 1.54 bits per heavy atom. The molecule has 1 N–H and O–H groups in total. The molecular formula is C29H35N3O4S. The zero-order chi connectivity index (χ0) is 26.8. The third kappa shape index (κ3) is 7.20. The Balaban J connectivity index is 1.99. The van der Waals surface area contributed by atoms with Crippen molar-refractivity contribution in [1.29, 1.82) is 0 Å². The van der Waals surface area contributed by atoms with Crippen molar-refractivity contribution in [3.05, 3.63) is 96.1 Å². The summed E-state index contributed by atoms with van der Waals surface area (Å²) in [4.78, 5) is 28.4. The zero-order valence-electron chi connectivity index (χ0n) is 21.6. The molecule has 0 aliphatic carbocycles. The molecule has 0 radical (unpaired) electrons. The van der Waals surface area contributed by atoms with Gasteiger partial charge < -0.3 is 10.2 Å². The Morgan fingerprint density at radius 1 is 0.892 bits per heavy atom. The largest absolute Gasteiger partial charge is 0.355 e. The van der Waals surface area contributed by atoms with Crippen molar-refractivity contribution in [3.8, 4) is 0 Å². The topological polar surface area (TPSA) is 86.8 Å². The van der Waals surface area contributed by atoms with Crippen LogP contribution < -0.4 is 9.62 Å². The third-order valence-corrected chi connectivity index (χ3v) is 7.91. The zero-order valence-corrected chi connectivity index (χ0v) is 22.4. The predicted octanol–water partition coefficient (Wildman–Crippen LogP) is 4.18. The number of carbonyl (C=O) groups is 2. The number of nitrogens with zero attached hydrogens (tertiary/aromatic N) is 2. The van der Waals surface area contributed by atoms with Crippen molar-refractivity contribution in [1.82, 2.24) is 10.2 Å². The van der Waals surface area contributed by atoms with Crippen LogP contribution >= 0.6 is 0 Å². The van der Waals surface area contributed by atoms with E-state index in [-0.39, 0.29) is 17.3 Å². The van der Waals surface area contributed by atoms with Crippen molar-refractivity contribution >= 4 is 27.5 Å². The highest BCUT2D eigenvalue weighted by Crippen LogP contribution is 2.25. The Hall–Kier alpha value is -3.65. The molecule has 0 aromatic heterocycles. The van der Waals surface area contributed by atoms with E-state index < -0.39 is 28.5 Å². The highest BCUT2D eigenvalue weighted by atomic mass is 32.2. The average Bonchev–Trinajstić information content (AvgIpc) is 2.90. The van der Waals surface area contributed by atoms with E-state index in [0.29, 0.717) is 25.1 Å². The third-order valence-electron chi connectivity index (χ3n) is 6.12. The Kier molecular flexibility index (Phi) is 9.85. The van der Waals surface area contributed by atoms with Gasteiger partial charge in [0.15, 0.2) is 0 Å². The second-order valence-corrected chi connectivity index (χ2v) is 10.7. The van der Waals surface area contributed by atoms with Gasteiger partial charge in [-0.15, -0.1) is 0 Å². The van der Waals surface area contributed by atoms with Gasteiger partial charge in [0.05, 0.1) is 10.6 Å². The van der Waals surface area contributed by atoms with Crippen LogP contribution in [-0.4, -0.2) is 50.8 Å². The van der Waals surface area contributed by atoms with Crippen LogP contribution in [0.4, 0.5) is 5.69 Å². The van der Waals surface area contributed by atoms with E-state index in [9.17, 15) is 18.0 Å². The Bertz CT molecular complexity index is 1280. The minimum Gasteiger partial charge on any atom is -0.355 e. The van der Waals surface area contributed by atoms with Gasteiger partial charge in [-0.2, -0.15) is 0 Å². The monoisotopic (exact) mass is 521 g/mol. The summed E-state index contributed by atoms with van der Waals surface area (Å²) in [6.07, 6.45) is 0.945. The van der Waals surface area contributed by atoms with E-state index >= 15 is 0 Å². The number of sulfonamides is 1. The smallest absolute Gasteiger partial charge is 0.264 e. The van der Waals surface area contributed by atoms with Crippen molar-refractivity contribution in [3.63, 3.8) is 0 Å². The summed E-state index contributed by atoms with van der Waals surface area (Å²) in [6, 6.07) is 24.1. The SMILES string of the molecule is CCNC(=O)C(CC)N(CCc1ccccc1)C(=O)CN(c1cccc(C)c1)S(=O)(=O)c1ccccc1. The van der Waals surface area contributed by atoms with Gasteiger partial charge >= 0.3 is 0 Å². The van der Waals surface area contributed by atoms with E-state index in [0.717, 1.165) is 15.4 Å². The molecule has 0 heterocycles. The summed E-state index contributed by atoms with van der Waals surface area (Å²) in [7, 11) is -4.04. The molecule has 0 aliphatic rings. The molecule has 0 fully saturated rings. The summed E-state index contributed by atoms with van der Waals surface area (Å²) in [5.41, 5.74) is 2.29. The molecule has 1 unspecified atom stereocenters. The number of nitrogens with one attached hydrogen (secondary N) is 1. The van der Waals surface area contributed by atoms with E-state index in [1.807, 2.05) is 57.2 Å². The number of aryl methyl sites for hydroxylation is 1. The van der Waals surface area contributed by atoms with Crippen molar-refractivity contribution in [2.24, 2.45) is 0 Å². The molecule has 0 saturated heterocycles. The standard InChI is InChI=1S/C29H35N3O4S/c1-4-27(29(34)30-5-2)31(20-19-24-14-8-6-9-15-24)28(33)22-32(25-16-12-13-23(3)21-25)37(35,36)26-17-10-7-11-18-26/h6-18,21,27H,4-5,19-20,22H2,1-3H3,(H,30,34). The summed E-state index contributed by atoms with van der Waals surface area (Å²) in [5, 5.41) is 2.81. The van der Waals surface area contributed by atoms with E-state index in [2.05, 4.69) is 5.32 Å². The molecule has 3 aromatic rings. The first-order valence-corrected chi connectivity index (χ1v) is 14.0. The van der Waals surface area contributed by atoms with Crippen molar-refractivity contribution in [2.75, 3.05) is 23.9 Å². The second kappa shape index (κ2) is 13.1. The number of benzene rings is 3. The molecule has 0 bridgehead atoms. The lowest BCUT2D eigenvalue weighted by atomic mass is 10.1. The number of carbonyl (C=O) groups excluding carboxylic acids is 2. The van der Waals surface area contributed by atoms with Gasteiger partial charge in [-0.25, -0.2) is 8.42 Å². The number of hydrogen-bond acceptors (Lipinski definition) is 4. The fourth-order valence-corrected chi connectivity index (χ4v) is 5.65. The Morgan fingerprint density at radius 3 is 2.14 bits per heavy atom. The molecule has 2 amide bonds. The van der Waals surface area contributed by atoms with Crippen LogP contribution in [0.5, 0.6) is 0 Å². The van der Waals surface area contributed by atoms with E-state index in [4.69, 9.17) is 0 Å². The maximum atomic E-state index is 13.9. The van der Waals surface area contributed by atoms with Crippen LogP contribution in [0.25, 0.3) is 0 Å². The number of amides is 2. The molecule has 3 aromatic carbocycles. The van der Waals surface area contributed by atoms with Gasteiger partial charge in [0.1, 0.15) is 12.6 Å². The van der Waals surface area contributed by atoms with Gasteiger partial charge in [0.2, 0.25) is 11.8 Å². The predicted molar refractivity (Wildman–Crippen MR) is 147 cm³/mol. The van der Waals surface area contributed by atoms with Crippen molar-refractivity contribution < 1.29 is 18.0 Å². The molecule has 0 aliphatic heterocycles. The van der Waals surface area contributed by atoms with Crippen molar-refractivity contribution in [2.45, 2.75) is 44.6 Å². The molecule has 7 nitrogen and oxygen atoms in total. The maximum Gasteiger partial charge on any atom is 0.264 e. The lowest BCUT2D eigenvalue weighted by Crippen LogP contribution is -2.53. The van der Waals surface area contributed by atoms with E-state index in [1.165, 1.54) is 17.0 Å². The summed E-state index contributed by atoms with van der Waals surface area (Å²) >= 11 is 0. The number of anilines is 1. The molecule has 1 atom stereocenters. The highest BCUT2D eigenvalue weighted by molar-refractivity contribution is 7.92. The van der Waals surface area contributed by atoms with Crippen LogP contribution in [0, 0.1) is 6.92 Å². The van der Waals surface area contributed by atoms with Gasteiger partial charge in [-0.05, 0) is 62.1 Å². The normalized spacial score (nSPS) is 12.0. The molecule has 0 saturated carbocycles. The Labute approximate surface area is 220 Å². The molecule has 3 rings (SSSR count). The molecule has 0 spiro atoms. The lowest BCUT2D eigenvalue weighted by Gasteiger charge is -2.33. The van der Waals surface area contributed by atoms with Crippen LogP contribution in [0.1, 0.15) is 31.4 Å². The number of rotatable bonds is 12. The summed E-state index contributed by atoms with van der Waals surface area (Å²) < 4.78 is 28.6. The highest BCUT2D eigenvalue weighted by Gasteiger charge is 2.33. The minimum absolute atomic E-state index is 0.0934. The van der Waals surface area contributed by atoms with Gasteiger partial charge in [-0.3, -0.25) is 13.9 Å². The van der Waals surface area contributed by atoms with E-state index in [1.54, 1.807) is 36.4 Å². The minimum atomic E-state index is -4.04.